The van der Waals surface area contributed by atoms with E-state index in [1.807, 2.05) is 6.92 Å². The molecular weight excluding hydrogens is 617 g/mol. The number of thioether (sulfide) groups is 1. The van der Waals surface area contributed by atoms with Gasteiger partial charge in [-0.1, -0.05) is 42.5 Å². The van der Waals surface area contributed by atoms with E-state index in [1.165, 1.54) is 36.6 Å². The Morgan fingerprint density at radius 3 is 2.71 bits per heavy atom. The molecule has 0 radical (unpaired) electrons. The van der Waals surface area contributed by atoms with E-state index >= 15 is 0 Å². The predicted molar refractivity (Wildman–Crippen MR) is 168 cm³/mol. The third kappa shape index (κ3) is 4.93. The molecule has 5 aliphatic rings. The second-order valence-electron chi connectivity index (χ2n) is 14.0. The Morgan fingerprint density at radius 2 is 2.02 bits per heavy atom. The summed E-state index contributed by atoms with van der Waals surface area (Å²) in [5.41, 5.74) is 5.94. The number of carbonyl (C=O) groups excluding carboxylic acids is 2. The number of nitrogen functional groups attached to an aromatic ring is 1. The van der Waals surface area contributed by atoms with Crippen LogP contribution in [0.5, 0.6) is 11.5 Å². The van der Waals surface area contributed by atoms with Crippen LogP contribution in [0.15, 0.2) is 16.5 Å². The number of rotatable bonds is 11. The number of esters is 1. The van der Waals surface area contributed by atoms with Gasteiger partial charge in [0.2, 0.25) is 5.13 Å². The zero-order chi connectivity index (χ0) is 31.9. The van der Waals surface area contributed by atoms with Crippen LogP contribution >= 0.6 is 23.1 Å². The number of fused-ring (bicyclic) bond motifs is 2. The van der Waals surface area contributed by atoms with E-state index in [0.717, 1.165) is 24.7 Å². The summed E-state index contributed by atoms with van der Waals surface area (Å²) < 4.78 is 36.8. The van der Waals surface area contributed by atoms with E-state index in [-0.39, 0.29) is 40.5 Å². The first-order valence-corrected chi connectivity index (χ1v) is 17.5. The Hall–Kier alpha value is -2.55. The minimum atomic E-state index is -0.939. The number of unbranched alkanes of at least 4 members (excludes halogenated alkanes) is 1. The zero-order valence-corrected chi connectivity index (χ0v) is 28.1. The maximum atomic E-state index is 13.5. The van der Waals surface area contributed by atoms with Crippen molar-refractivity contribution in [1.82, 2.24) is 10.2 Å². The summed E-state index contributed by atoms with van der Waals surface area (Å²) in [6.45, 7) is 9.72. The van der Waals surface area contributed by atoms with Gasteiger partial charge in [-0.2, -0.15) is 0 Å². The van der Waals surface area contributed by atoms with Crippen LogP contribution in [0.25, 0.3) is 0 Å². The first kappa shape index (κ1) is 31.1. The highest BCUT2D eigenvalue weighted by atomic mass is 32.2. The molecule has 1 aliphatic heterocycles. The molecule has 8 atom stereocenters. The molecule has 1 aromatic carbocycles. The SMILES string of the molecule is CCCCOC(=O)c1c(OC)ccc(C[C@H](Sc2nnc(N)s2)B2OC3CC4C5CC6C45C3[C@@]6(C)O2)c1OC(=O)OC(C)(C)C. The summed E-state index contributed by atoms with van der Waals surface area (Å²) in [6.07, 6.45) is 3.37. The number of methoxy groups -OCH3 is 1. The monoisotopic (exact) mass is 657 g/mol. The summed E-state index contributed by atoms with van der Waals surface area (Å²) >= 11 is 2.75. The molecule has 6 unspecified atom stereocenters. The van der Waals surface area contributed by atoms with Crippen molar-refractivity contribution in [3.8, 4) is 11.5 Å². The van der Waals surface area contributed by atoms with Crippen LogP contribution < -0.4 is 15.2 Å². The van der Waals surface area contributed by atoms with Crippen LogP contribution in [-0.2, 0) is 25.2 Å². The Labute approximate surface area is 271 Å². The van der Waals surface area contributed by atoms with Gasteiger partial charge in [-0.15, -0.1) is 10.2 Å². The van der Waals surface area contributed by atoms with E-state index in [4.69, 9.17) is 34.0 Å². The molecule has 1 saturated heterocycles. The van der Waals surface area contributed by atoms with Crippen LogP contribution in [0, 0.1) is 29.1 Å². The average Bonchev–Trinajstić information content (AvgIpc) is 3.22. The van der Waals surface area contributed by atoms with Gasteiger partial charge in [-0.25, -0.2) is 9.59 Å². The van der Waals surface area contributed by atoms with Crippen LogP contribution in [-0.4, -0.2) is 65.6 Å². The molecule has 2 aromatic rings. The van der Waals surface area contributed by atoms with Gasteiger partial charge in [0.05, 0.1) is 24.5 Å². The van der Waals surface area contributed by atoms with Crippen molar-refractivity contribution in [2.24, 2.45) is 29.1 Å². The number of anilines is 1. The van der Waals surface area contributed by atoms with Crippen molar-refractivity contribution in [2.75, 3.05) is 19.5 Å². The Bertz CT molecular complexity index is 1520. The van der Waals surface area contributed by atoms with E-state index < -0.39 is 24.8 Å². The van der Waals surface area contributed by atoms with Gasteiger partial charge in [-0.3, -0.25) is 0 Å². The number of benzene rings is 1. The van der Waals surface area contributed by atoms with Gasteiger partial charge < -0.3 is 34.0 Å². The molecule has 1 aromatic heterocycles. The first-order valence-electron chi connectivity index (χ1n) is 15.8. The first-order chi connectivity index (χ1) is 21.4. The summed E-state index contributed by atoms with van der Waals surface area (Å²) in [5.74, 6) is 2.24. The molecule has 242 valence electrons. The van der Waals surface area contributed by atoms with Gasteiger partial charge in [0.25, 0.3) is 0 Å². The Balaban J connectivity index is 1.23. The molecule has 7 rings (SSSR count). The van der Waals surface area contributed by atoms with Crippen molar-refractivity contribution in [2.45, 2.75) is 93.5 Å². The summed E-state index contributed by atoms with van der Waals surface area (Å²) in [6, 6.07) is 3.48. The topological polar surface area (TPSA) is 141 Å². The predicted octanol–water partition coefficient (Wildman–Crippen LogP) is 5.59. The van der Waals surface area contributed by atoms with Crippen molar-refractivity contribution >= 4 is 47.5 Å². The van der Waals surface area contributed by atoms with Crippen molar-refractivity contribution in [3.05, 3.63) is 23.3 Å². The normalized spacial score (nSPS) is 32.4. The third-order valence-corrected chi connectivity index (χ3v) is 12.5. The highest BCUT2D eigenvalue weighted by Gasteiger charge is 2.95. The van der Waals surface area contributed by atoms with E-state index in [2.05, 4.69) is 17.1 Å². The highest BCUT2D eigenvalue weighted by Crippen LogP contribution is 2.94. The molecular formula is C31H40BN3O8S2. The molecule has 4 aliphatic carbocycles. The fourth-order valence-electron chi connectivity index (χ4n) is 8.94. The van der Waals surface area contributed by atoms with Crippen LogP contribution in [0.2, 0.25) is 0 Å². The lowest BCUT2D eigenvalue weighted by atomic mass is 9.42. The Kier molecular flexibility index (Phi) is 7.61. The molecule has 2 N–H and O–H groups in total. The van der Waals surface area contributed by atoms with Crippen LogP contribution in [0.3, 0.4) is 0 Å². The van der Waals surface area contributed by atoms with Gasteiger partial charge in [0.1, 0.15) is 16.9 Å². The lowest BCUT2D eigenvalue weighted by Crippen LogP contribution is -2.75. The molecule has 1 spiro atoms. The van der Waals surface area contributed by atoms with Crippen LogP contribution in [0.1, 0.15) is 76.2 Å². The van der Waals surface area contributed by atoms with E-state index in [9.17, 15) is 9.59 Å². The van der Waals surface area contributed by atoms with Crippen molar-refractivity contribution < 1.29 is 37.8 Å². The minimum absolute atomic E-state index is 0.0238. The molecule has 45 heavy (non-hydrogen) atoms. The van der Waals surface area contributed by atoms with Crippen LogP contribution in [0.4, 0.5) is 9.93 Å². The van der Waals surface area contributed by atoms with Gasteiger partial charge in [0, 0.05) is 12.0 Å². The van der Waals surface area contributed by atoms with Crippen molar-refractivity contribution in [3.63, 3.8) is 0 Å². The van der Waals surface area contributed by atoms with Gasteiger partial charge in [-0.05, 0) is 88.2 Å². The maximum Gasteiger partial charge on any atom is 0.514 e. The van der Waals surface area contributed by atoms with Gasteiger partial charge >= 0.3 is 19.2 Å². The quantitative estimate of drug-likeness (QED) is 0.106. The Morgan fingerprint density at radius 1 is 1.24 bits per heavy atom. The molecule has 0 amide bonds. The molecule has 0 bridgehead atoms. The maximum absolute atomic E-state index is 13.5. The fraction of sp³-hybridized carbons (Fsp3) is 0.677. The minimum Gasteiger partial charge on any atom is -0.496 e. The number of ether oxygens (including phenoxy) is 4. The average molecular weight is 658 g/mol. The fourth-order valence-corrected chi connectivity index (χ4v) is 10.9. The number of nitrogens with zero attached hydrogens (tertiary/aromatic N) is 2. The van der Waals surface area contributed by atoms with Crippen molar-refractivity contribution in [1.29, 1.82) is 0 Å². The second kappa shape index (κ2) is 11.0. The third-order valence-electron chi connectivity index (χ3n) is 10.5. The number of hydrogen-bond acceptors (Lipinski definition) is 13. The molecule has 2 heterocycles. The summed E-state index contributed by atoms with van der Waals surface area (Å²) in [4.78, 5) is 26.6. The zero-order valence-electron chi connectivity index (χ0n) is 26.5. The number of aromatic nitrogens is 2. The molecule has 4 saturated carbocycles. The van der Waals surface area contributed by atoms with Gasteiger partial charge in [0.15, 0.2) is 10.1 Å². The smallest absolute Gasteiger partial charge is 0.496 e. The standard InChI is InChI=1S/C31H40BN3O8S2/c1-7-8-11-39-25(36)22-18(38-6)10-9-15(23(22)40-28(37)41-29(2,3)4)12-21(44-27-35-34-26(33)45-27)32-42-19-13-16-17-14-20-30(5,43-32)24(19)31(16,17)20/h9-10,16-17,19-21,24H,7-8,11-14H2,1-6H3,(H2,33,34)/t16?,17?,19?,20?,21-,24?,30-,31?/m0/s1. The summed E-state index contributed by atoms with van der Waals surface area (Å²) in [7, 11) is 0.883. The lowest BCUT2D eigenvalue weighted by Gasteiger charge is -2.69. The van der Waals surface area contributed by atoms with E-state index in [1.54, 1.807) is 32.9 Å². The summed E-state index contributed by atoms with van der Waals surface area (Å²) in [5, 5.41) is 8.31. The highest BCUT2D eigenvalue weighted by molar-refractivity contribution is 8.02. The molecule has 14 heteroatoms. The van der Waals surface area contributed by atoms with E-state index in [0.29, 0.717) is 45.1 Å². The number of carbonyl (C=O) groups is 2. The molecule has 5 fully saturated rings. The second-order valence-corrected chi connectivity index (χ2v) is 16.5. The largest absolute Gasteiger partial charge is 0.514 e. The molecule has 11 nitrogen and oxygen atoms in total. The lowest BCUT2D eigenvalue weighted by molar-refractivity contribution is -0.278. The number of nitrogens with two attached hydrogens (primary N) is 1. The number of hydrogen-bond donors (Lipinski definition) is 1.